The van der Waals surface area contributed by atoms with E-state index >= 15 is 0 Å². The highest BCUT2D eigenvalue weighted by molar-refractivity contribution is 6.30. The van der Waals surface area contributed by atoms with Gasteiger partial charge in [-0.2, -0.15) is 0 Å². The van der Waals surface area contributed by atoms with Gasteiger partial charge in [-0.25, -0.2) is 4.79 Å². The molecule has 2 atom stereocenters. The van der Waals surface area contributed by atoms with Crippen molar-refractivity contribution >= 4 is 40.3 Å². The first-order chi connectivity index (χ1) is 17.4. The molecule has 0 radical (unpaired) electrons. The van der Waals surface area contributed by atoms with Crippen molar-refractivity contribution in [1.29, 1.82) is 0 Å². The number of nitrogens with one attached hydrogen (secondary N) is 1. The van der Waals surface area contributed by atoms with Gasteiger partial charge in [0.05, 0.1) is 11.6 Å². The Hall–Kier alpha value is -3.45. The summed E-state index contributed by atoms with van der Waals surface area (Å²) in [6.07, 6.45) is 2.75. The number of rotatable bonds is 4. The molecule has 2 heterocycles. The third-order valence-electron chi connectivity index (χ3n) is 7.67. The van der Waals surface area contributed by atoms with Crippen LogP contribution in [-0.2, 0) is 29.0 Å². The molecule has 1 saturated heterocycles. The Bertz CT molecular complexity index is 1450. The van der Waals surface area contributed by atoms with Crippen LogP contribution in [0.5, 0.6) is 0 Å². The summed E-state index contributed by atoms with van der Waals surface area (Å²) in [4.78, 5) is 46.4. The van der Waals surface area contributed by atoms with E-state index in [2.05, 4.69) is 17.4 Å². The van der Waals surface area contributed by atoms with E-state index in [9.17, 15) is 14.4 Å². The zero-order chi connectivity index (χ0) is 26.7. The van der Waals surface area contributed by atoms with Gasteiger partial charge in [-0.3, -0.25) is 19.9 Å². The van der Waals surface area contributed by atoms with E-state index in [1.165, 1.54) is 4.90 Å². The van der Waals surface area contributed by atoms with Crippen molar-refractivity contribution in [1.82, 2.24) is 20.1 Å². The zero-order valence-electron chi connectivity index (χ0n) is 21.8. The minimum absolute atomic E-state index is 0.0379. The largest absolute Gasteiger partial charge is 0.331 e. The quantitative estimate of drug-likeness (QED) is 0.490. The van der Waals surface area contributed by atoms with Crippen LogP contribution in [-0.4, -0.2) is 45.2 Å². The molecule has 37 heavy (non-hydrogen) atoms. The van der Waals surface area contributed by atoms with Crippen LogP contribution in [0.25, 0.3) is 10.9 Å². The normalized spacial score (nSPS) is 19.9. The molecule has 1 spiro atoms. The van der Waals surface area contributed by atoms with Crippen molar-refractivity contribution in [3.63, 3.8) is 0 Å². The first-order valence-corrected chi connectivity index (χ1v) is 12.8. The molecule has 3 aromatic rings. The summed E-state index contributed by atoms with van der Waals surface area (Å²) in [7, 11) is 1.67. The van der Waals surface area contributed by atoms with Crippen LogP contribution in [0.4, 0.5) is 4.79 Å². The lowest BCUT2D eigenvalue weighted by Crippen LogP contribution is -2.48. The minimum Gasteiger partial charge on any atom is -0.331 e. The van der Waals surface area contributed by atoms with Gasteiger partial charge < -0.3 is 9.80 Å². The fourth-order valence-electron chi connectivity index (χ4n) is 5.42. The van der Waals surface area contributed by atoms with Gasteiger partial charge in [-0.1, -0.05) is 44.5 Å². The fourth-order valence-corrected chi connectivity index (χ4v) is 5.62. The first kappa shape index (κ1) is 25.2. The smallest absolute Gasteiger partial charge is 0.324 e. The third kappa shape index (κ3) is 4.35. The molecule has 4 amide bonds. The summed E-state index contributed by atoms with van der Waals surface area (Å²) in [5, 5.41) is 4.02. The number of imide groups is 1. The average Bonchev–Trinajstić information content (AvgIpc) is 3.31. The third-order valence-corrected chi connectivity index (χ3v) is 7.90. The number of aromatic nitrogens is 1. The number of halogens is 1. The fraction of sp³-hybridized carbons (Fsp3) is 0.379. The summed E-state index contributed by atoms with van der Waals surface area (Å²) in [6.45, 7) is 8.18. The maximum atomic E-state index is 13.5. The minimum atomic E-state index is -0.873. The molecule has 5 rings (SSSR count). The van der Waals surface area contributed by atoms with Gasteiger partial charge in [0.25, 0.3) is 5.91 Å². The second-order valence-electron chi connectivity index (χ2n) is 11.3. The topological polar surface area (TPSA) is 82.6 Å². The van der Waals surface area contributed by atoms with Crippen molar-refractivity contribution in [2.24, 2.45) is 5.41 Å². The average molecular weight is 519 g/mol. The van der Waals surface area contributed by atoms with Gasteiger partial charge in [0.2, 0.25) is 5.91 Å². The maximum absolute atomic E-state index is 13.5. The molecule has 1 N–H and O–H groups in total. The maximum Gasteiger partial charge on any atom is 0.324 e. The van der Waals surface area contributed by atoms with Crippen LogP contribution < -0.4 is 5.32 Å². The Balaban J connectivity index is 1.47. The second kappa shape index (κ2) is 8.84. The predicted octanol–water partition coefficient (Wildman–Crippen LogP) is 5.04. The summed E-state index contributed by atoms with van der Waals surface area (Å²) >= 11 is 6.25. The molecule has 192 valence electrons. The van der Waals surface area contributed by atoms with Gasteiger partial charge in [-0.15, -0.1) is 0 Å². The molecule has 2 aliphatic rings. The molecule has 1 aromatic heterocycles. The number of pyridine rings is 1. The van der Waals surface area contributed by atoms with Crippen molar-refractivity contribution in [2.75, 3.05) is 7.05 Å². The number of urea groups is 1. The lowest BCUT2D eigenvalue weighted by molar-refractivity contribution is -0.142. The van der Waals surface area contributed by atoms with Crippen molar-refractivity contribution in [2.45, 2.75) is 58.7 Å². The molecular formula is C29H31ClN4O3. The lowest BCUT2D eigenvalue weighted by Gasteiger charge is -2.35. The van der Waals surface area contributed by atoms with Gasteiger partial charge >= 0.3 is 6.03 Å². The lowest BCUT2D eigenvalue weighted by atomic mass is 9.92. The number of nitrogens with zero attached hydrogens (tertiary/aromatic N) is 3. The molecule has 0 saturated carbocycles. The molecule has 7 nitrogen and oxygen atoms in total. The highest BCUT2D eigenvalue weighted by atomic mass is 35.5. The molecule has 1 aliphatic carbocycles. The van der Waals surface area contributed by atoms with Crippen LogP contribution in [0.15, 0.2) is 48.7 Å². The van der Waals surface area contributed by atoms with Crippen molar-refractivity contribution < 1.29 is 14.4 Å². The van der Waals surface area contributed by atoms with Crippen LogP contribution in [0, 0.1) is 5.41 Å². The molecule has 1 unspecified atom stereocenters. The van der Waals surface area contributed by atoms with Crippen LogP contribution in [0.1, 0.15) is 56.0 Å². The molecule has 2 aromatic carbocycles. The van der Waals surface area contributed by atoms with E-state index in [-0.39, 0.29) is 23.9 Å². The van der Waals surface area contributed by atoms with E-state index < -0.39 is 11.0 Å². The van der Waals surface area contributed by atoms with E-state index in [1.54, 1.807) is 7.05 Å². The molecule has 1 fully saturated rings. The van der Waals surface area contributed by atoms with Gasteiger partial charge in [0.15, 0.2) is 0 Å². The Morgan fingerprint density at radius 1 is 1.16 bits per heavy atom. The van der Waals surface area contributed by atoms with E-state index in [4.69, 9.17) is 16.6 Å². The molecular weight excluding hydrogens is 488 g/mol. The highest BCUT2D eigenvalue weighted by Crippen LogP contribution is 2.39. The monoisotopic (exact) mass is 518 g/mol. The Morgan fingerprint density at radius 3 is 2.49 bits per heavy atom. The van der Waals surface area contributed by atoms with Crippen LogP contribution in [0.3, 0.4) is 0 Å². The van der Waals surface area contributed by atoms with Crippen LogP contribution >= 0.6 is 11.6 Å². The Labute approximate surface area is 221 Å². The molecule has 0 bridgehead atoms. The predicted molar refractivity (Wildman–Crippen MR) is 143 cm³/mol. The zero-order valence-corrected chi connectivity index (χ0v) is 22.5. The van der Waals surface area contributed by atoms with Crippen molar-refractivity contribution in [3.05, 3.63) is 75.9 Å². The van der Waals surface area contributed by atoms with E-state index in [0.29, 0.717) is 24.4 Å². The Morgan fingerprint density at radius 2 is 1.86 bits per heavy atom. The number of likely N-dealkylation sites (N-methyl/N-ethyl adjacent to an activating group) is 1. The summed E-state index contributed by atoms with van der Waals surface area (Å²) in [5.41, 5.74) is 3.35. The summed E-state index contributed by atoms with van der Waals surface area (Å²) in [6, 6.07) is 13.2. The summed E-state index contributed by atoms with van der Waals surface area (Å²) < 4.78 is 0. The van der Waals surface area contributed by atoms with Gasteiger partial charge in [-0.05, 0) is 59.5 Å². The molecule has 1 aliphatic heterocycles. The SMILES string of the molecule is C[C@H](c1cccc(Cl)c1)N(Cc1cnc2cc3c(cc2c1)CC1(C3)C(=O)NC(=O)N1C)C(=O)C(C)(C)C. The van der Waals surface area contributed by atoms with Gasteiger partial charge in [0, 0.05) is 48.5 Å². The number of amides is 4. The number of carbonyl (C=O) groups excluding carboxylic acids is 3. The number of hydrogen-bond acceptors (Lipinski definition) is 4. The number of fused-ring (bicyclic) bond motifs is 2. The Kier molecular flexibility index (Phi) is 6.02. The summed E-state index contributed by atoms with van der Waals surface area (Å²) in [5.74, 6) is -0.212. The first-order valence-electron chi connectivity index (χ1n) is 12.5. The van der Waals surface area contributed by atoms with Gasteiger partial charge in [0.1, 0.15) is 5.54 Å². The van der Waals surface area contributed by atoms with Crippen molar-refractivity contribution in [3.8, 4) is 0 Å². The highest BCUT2D eigenvalue weighted by Gasteiger charge is 2.54. The van der Waals surface area contributed by atoms with Crippen LogP contribution in [0.2, 0.25) is 5.02 Å². The number of benzene rings is 2. The van der Waals surface area contributed by atoms with E-state index in [0.717, 1.165) is 33.2 Å². The number of carbonyl (C=O) groups is 3. The van der Waals surface area contributed by atoms with E-state index in [1.807, 2.05) is 69.1 Å². The molecule has 8 heteroatoms. The standard InChI is InChI=1S/C29H31ClN4O3/c1-17(19-7-6-8-23(30)11-19)34(26(36)28(2,3)4)16-18-9-20-10-21-13-29(25(35)32-27(37)33(29)5)14-22(21)12-24(20)31-15-18/h6-12,15,17H,13-14,16H2,1-5H3,(H,32,35,37)/t17-,29?/m1/s1. The second-order valence-corrected chi connectivity index (χ2v) is 11.7. The number of hydrogen-bond donors (Lipinski definition) is 1.